The van der Waals surface area contributed by atoms with Gasteiger partial charge in [0.25, 0.3) is 5.91 Å². The van der Waals surface area contributed by atoms with Crippen LogP contribution < -0.4 is 14.9 Å². The van der Waals surface area contributed by atoms with Crippen molar-refractivity contribution in [2.24, 2.45) is 5.92 Å². The van der Waals surface area contributed by atoms with Crippen molar-refractivity contribution in [3.8, 4) is 0 Å². The van der Waals surface area contributed by atoms with Gasteiger partial charge in [0.05, 0.1) is 11.9 Å². The number of carbonyl (C=O) groups is 3. The van der Waals surface area contributed by atoms with Gasteiger partial charge in [-0.05, 0) is 61.4 Å². The average Bonchev–Trinajstić information content (AvgIpc) is 2.86. The molecule has 2 aromatic rings. The van der Waals surface area contributed by atoms with Gasteiger partial charge in [0, 0.05) is 49.8 Å². The van der Waals surface area contributed by atoms with Crippen LogP contribution in [0.25, 0.3) is 0 Å². The highest BCUT2D eigenvalue weighted by Gasteiger charge is 2.26. The lowest BCUT2D eigenvalue weighted by atomic mass is 9.96. The smallest absolute Gasteiger partial charge is 0.313 e. The molecule has 0 bridgehead atoms. The second-order valence-corrected chi connectivity index (χ2v) is 10.8. The van der Waals surface area contributed by atoms with Crippen molar-refractivity contribution in [3.63, 3.8) is 0 Å². The number of anilines is 2. The fourth-order valence-corrected chi connectivity index (χ4v) is 5.47. The molecule has 0 atom stereocenters. The summed E-state index contributed by atoms with van der Waals surface area (Å²) in [4.78, 5) is 43.0. The first-order valence-corrected chi connectivity index (χ1v) is 13.5. The van der Waals surface area contributed by atoms with Crippen LogP contribution >= 0.6 is 0 Å². The van der Waals surface area contributed by atoms with Gasteiger partial charge in [0.15, 0.2) is 0 Å². The molecule has 11 heteroatoms. The molecule has 2 aliphatic heterocycles. The Kier molecular flexibility index (Phi) is 7.34. The molecular formula is C24H29N5O5S. The molecule has 3 amide bonds. The Balaban J connectivity index is 1.27. The summed E-state index contributed by atoms with van der Waals surface area (Å²) in [5.74, 6) is -1.43. The molecule has 4 rings (SSSR count). The van der Waals surface area contributed by atoms with Crippen LogP contribution in [-0.2, 0) is 26.0 Å². The largest absolute Gasteiger partial charge is 0.348 e. The first kappa shape index (κ1) is 24.6. The number of aromatic nitrogens is 1. The fraction of sp³-hybridized carbons (Fsp3) is 0.417. The van der Waals surface area contributed by atoms with Gasteiger partial charge in [0.1, 0.15) is 0 Å². The van der Waals surface area contributed by atoms with Crippen LogP contribution in [0.1, 0.15) is 35.2 Å². The molecule has 2 N–H and O–H groups in total. The van der Waals surface area contributed by atoms with Gasteiger partial charge in [-0.3, -0.25) is 23.7 Å². The molecule has 186 valence electrons. The summed E-state index contributed by atoms with van der Waals surface area (Å²) in [5, 5.41) is 5.24. The lowest BCUT2D eigenvalue weighted by molar-refractivity contribution is -0.136. The number of aryl methyl sites for hydroxylation is 1. The van der Waals surface area contributed by atoms with E-state index in [1.807, 2.05) is 0 Å². The average molecular weight is 500 g/mol. The number of piperidine rings is 1. The number of likely N-dealkylation sites (tertiary alicyclic amines) is 1. The van der Waals surface area contributed by atoms with Gasteiger partial charge in [-0.2, -0.15) is 0 Å². The fourth-order valence-electron chi connectivity index (χ4n) is 4.49. The van der Waals surface area contributed by atoms with E-state index in [0.29, 0.717) is 43.1 Å². The van der Waals surface area contributed by atoms with Crippen molar-refractivity contribution in [2.75, 3.05) is 42.1 Å². The topological polar surface area (TPSA) is 129 Å². The van der Waals surface area contributed by atoms with Gasteiger partial charge in [-0.1, -0.05) is 6.07 Å². The van der Waals surface area contributed by atoms with Crippen molar-refractivity contribution in [3.05, 3.63) is 53.9 Å². The molecule has 0 radical (unpaired) electrons. The summed E-state index contributed by atoms with van der Waals surface area (Å²) < 4.78 is 25.5. The van der Waals surface area contributed by atoms with Crippen LogP contribution in [-0.4, -0.2) is 68.5 Å². The van der Waals surface area contributed by atoms with E-state index in [9.17, 15) is 22.8 Å². The van der Waals surface area contributed by atoms with Crippen LogP contribution in [0.2, 0.25) is 0 Å². The van der Waals surface area contributed by atoms with E-state index in [0.717, 1.165) is 37.5 Å². The molecular weight excluding hydrogens is 470 g/mol. The minimum Gasteiger partial charge on any atom is -0.348 e. The lowest BCUT2D eigenvalue weighted by Gasteiger charge is -2.32. The standard InChI is InChI=1S/C24H29N5O5S/c1-35(33,34)29-12-2-3-18-4-5-20(15-21(18)29)27-23(31)22(30)26-16-17-8-13-28(14-9-17)24(32)19-6-10-25-11-7-19/h4-7,10-11,15,17H,2-3,8-9,12-14,16H2,1H3,(H,26,30)(H,27,31). The predicted molar refractivity (Wildman–Crippen MR) is 131 cm³/mol. The molecule has 0 spiro atoms. The Hall–Kier alpha value is -3.47. The molecule has 1 saturated heterocycles. The summed E-state index contributed by atoms with van der Waals surface area (Å²) in [6.45, 7) is 1.89. The Labute approximate surface area is 204 Å². The molecule has 0 aliphatic carbocycles. The van der Waals surface area contributed by atoms with E-state index in [2.05, 4.69) is 15.6 Å². The Morgan fingerprint density at radius 2 is 1.74 bits per heavy atom. The molecule has 3 heterocycles. The van der Waals surface area contributed by atoms with E-state index < -0.39 is 21.8 Å². The Morgan fingerprint density at radius 1 is 1.03 bits per heavy atom. The van der Waals surface area contributed by atoms with Crippen LogP contribution in [0.15, 0.2) is 42.7 Å². The SMILES string of the molecule is CS(=O)(=O)N1CCCc2ccc(NC(=O)C(=O)NCC3CCN(C(=O)c4ccncc4)CC3)cc21. The van der Waals surface area contributed by atoms with E-state index >= 15 is 0 Å². The minimum absolute atomic E-state index is 0.0336. The zero-order chi connectivity index (χ0) is 25.0. The van der Waals surface area contributed by atoms with Crippen LogP contribution in [0.3, 0.4) is 0 Å². The Bertz CT molecular complexity index is 1210. The summed E-state index contributed by atoms with van der Waals surface area (Å²) in [6, 6.07) is 8.42. The molecule has 0 unspecified atom stereocenters. The number of hydrogen-bond acceptors (Lipinski definition) is 6. The zero-order valence-electron chi connectivity index (χ0n) is 19.6. The maximum Gasteiger partial charge on any atom is 0.313 e. The van der Waals surface area contributed by atoms with Crippen molar-refractivity contribution in [1.29, 1.82) is 0 Å². The third-order valence-electron chi connectivity index (χ3n) is 6.41. The lowest BCUT2D eigenvalue weighted by Crippen LogP contribution is -2.43. The minimum atomic E-state index is -3.43. The van der Waals surface area contributed by atoms with E-state index in [1.54, 1.807) is 47.6 Å². The molecule has 1 aromatic carbocycles. The molecule has 1 fully saturated rings. The number of sulfonamides is 1. The van der Waals surface area contributed by atoms with E-state index in [-0.39, 0.29) is 11.8 Å². The van der Waals surface area contributed by atoms with Gasteiger partial charge in [-0.15, -0.1) is 0 Å². The summed E-state index contributed by atoms with van der Waals surface area (Å²) >= 11 is 0. The van der Waals surface area contributed by atoms with Gasteiger partial charge in [-0.25, -0.2) is 8.42 Å². The Morgan fingerprint density at radius 3 is 2.43 bits per heavy atom. The molecule has 10 nitrogen and oxygen atoms in total. The van der Waals surface area contributed by atoms with Crippen LogP contribution in [0.4, 0.5) is 11.4 Å². The second-order valence-electron chi connectivity index (χ2n) is 8.92. The number of benzene rings is 1. The van der Waals surface area contributed by atoms with Crippen molar-refractivity contribution < 1.29 is 22.8 Å². The van der Waals surface area contributed by atoms with Crippen LogP contribution in [0, 0.1) is 5.92 Å². The maximum atomic E-state index is 12.5. The summed E-state index contributed by atoms with van der Waals surface area (Å²) in [7, 11) is -3.43. The maximum absolute atomic E-state index is 12.5. The number of fused-ring (bicyclic) bond motifs is 1. The van der Waals surface area contributed by atoms with Gasteiger partial charge < -0.3 is 15.5 Å². The third-order valence-corrected chi connectivity index (χ3v) is 7.59. The highest BCUT2D eigenvalue weighted by Crippen LogP contribution is 2.31. The van der Waals surface area contributed by atoms with Gasteiger partial charge in [0.2, 0.25) is 10.0 Å². The van der Waals surface area contributed by atoms with E-state index in [4.69, 9.17) is 0 Å². The highest BCUT2D eigenvalue weighted by atomic mass is 32.2. The first-order valence-electron chi connectivity index (χ1n) is 11.6. The normalized spacial score (nSPS) is 16.4. The zero-order valence-corrected chi connectivity index (χ0v) is 20.4. The highest BCUT2D eigenvalue weighted by molar-refractivity contribution is 7.92. The van der Waals surface area contributed by atoms with Crippen molar-refractivity contribution in [1.82, 2.24) is 15.2 Å². The quantitative estimate of drug-likeness (QED) is 0.599. The summed E-state index contributed by atoms with van der Waals surface area (Å²) in [5.41, 5.74) is 2.38. The number of carbonyl (C=O) groups excluding carboxylic acids is 3. The second kappa shape index (κ2) is 10.4. The number of hydrogen-bond donors (Lipinski definition) is 2. The molecule has 1 aromatic heterocycles. The number of nitrogens with zero attached hydrogens (tertiary/aromatic N) is 3. The summed E-state index contributed by atoms with van der Waals surface area (Å²) in [6.07, 6.45) is 7.27. The predicted octanol–water partition coefficient (Wildman–Crippen LogP) is 1.40. The van der Waals surface area contributed by atoms with Crippen molar-refractivity contribution >= 4 is 39.1 Å². The number of nitrogens with one attached hydrogen (secondary N) is 2. The number of rotatable bonds is 5. The molecule has 35 heavy (non-hydrogen) atoms. The number of amides is 3. The third kappa shape index (κ3) is 5.97. The first-order chi connectivity index (χ1) is 16.7. The van der Waals surface area contributed by atoms with Crippen molar-refractivity contribution in [2.45, 2.75) is 25.7 Å². The van der Waals surface area contributed by atoms with E-state index in [1.165, 1.54) is 4.31 Å². The molecule has 0 saturated carbocycles. The monoisotopic (exact) mass is 499 g/mol. The van der Waals surface area contributed by atoms with Crippen LogP contribution in [0.5, 0.6) is 0 Å². The molecule has 2 aliphatic rings. The number of pyridine rings is 1. The van der Waals surface area contributed by atoms with Gasteiger partial charge >= 0.3 is 11.8 Å².